The molecule has 0 fully saturated rings. The van der Waals surface area contributed by atoms with E-state index in [2.05, 4.69) is 11.6 Å². The molecule has 3 aromatic carbocycles. The van der Waals surface area contributed by atoms with Crippen LogP contribution in [0.5, 0.6) is 11.5 Å². The summed E-state index contributed by atoms with van der Waals surface area (Å²) in [5, 5.41) is 10.9. The number of hydrogen-bond donors (Lipinski definition) is 0. The van der Waals surface area contributed by atoms with Gasteiger partial charge in [0.2, 0.25) is 0 Å². The number of esters is 1. The van der Waals surface area contributed by atoms with Crippen molar-refractivity contribution in [3.8, 4) is 11.5 Å². The standard InChI is InChI=1S/C33H29N3O7S/c1-4-18-42-26-16-10-24(11-17-26)30-29(32(38)41-5-2)21(3)34-33-35(30)31(37)28(44-33)19-22-8-14-27(15-9-22)43-20-23-6-12-25(13-7-23)36(39)40/h4,6-17,19,30H,1,5,18,20H2,2-3H3/b28-19-/t30-/m1/s1. The molecule has 0 aliphatic carbocycles. The average Bonchev–Trinajstić information content (AvgIpc) is 3.33. The highest BCUT2D eigenvalue weighted by molar-refractivity contribution is 7.07. The fourth-order valence-electron chi connectivity index (χ4n) is 4.70. The normalized spacial score (nSPS) is 14.4. The van der Waals surface area contributed by atoms with E-state index in [1.54, 1.807) is 62.4 Å². The Morgan fingerprint density at radius 1 is 1.05 bits per heavy atom. The molecule has 0 amide bonds. The van der Waals surface area contributed by atoms with Crippen LogP contribution >= 0.6 is 11.3 Å². The van der Waals surface area contributed by atoms with Crippen molar-refractivity contribution in [2.75, 3.05) is 13.2 Å². The minimum absolute atomic E-state index is 0.0220. The minimum Gasteiger partial charge on any atom is -0.490 e. The second-order valence-corrected chi connectivity index (χ2v) is 10.8. The molecule has 5 rings (SSSR count). The van der Waals surface area contributed by atoms with Gasteiger partial charge in [-0.2, -0.15) is 0 Å². The Kier molecular flexibility index (Phi) is 9.15. The number of nitro benzene ring substituents is 1. The van der Waals surface area contributed by atoms with Crippen LogP contribution in [0.25, 0.3) is 6.08 Å². The Balaban J connectivity index is 1.44. The molecule has 224 valence electrons. The molecule has 10 nitrogen and oxygen atoms in total. The summed E-state index contributed by atoms with van der Waals surface area (Å²) in [5.41, 5.74) is 2.83. The second kappa shape index (κ2) is 13.3. The van der Waals surface area contributed by atoms with Gasteiger partial charge in [0.25, 0.3) is 11.2 Å². The predicted octanol–water partition coefficient (Wildman–Crippen LogP) is 4.85. The molecule has 1 aromatic heterocycles. The number of allylic oxidation sites excluding steroid dienone is 1. The van der Waals surface area contributed by atoms with Crippen molar-refractivity contribution in [1.29, 1.82) is 0 Å². The summed E-state index contributed by atoms with van der Waals surface area (Å²) < 4.78 is 18.8. The molecule has 0 bridgehead atoms. The van der Waals surface area contributed by atoms with Crippen molar-refractivity contribution in [2.24, 2.45) is 4.99 Å². The molecule has 44 heavy (non-hydrogen) atoms. The van der Waals surface area contributed by atoms with E-state index in [4.69, 9.17) is 14.2 Å². The molecule has 11 heteroatoms. The fraction of sp³-hybridized carbons (Fsp3) is 0.182. The van der Waals surface area contributed by atoms with E-state index in [1.807, 2.05) is 24.3 Å². The highest BCUT2D eigenvalue weighted by Gasteiger charge is 2.33. The average molecular weight is 612 g/mol. The first-order valence-corrected chi connectivity index (χ1v) is 14.6. The van der Waals surface area contributed by atoms with Gasteiger partial charge in [-0.3, -0.25) is 19.5 Å². The number of carbonyl (C=O) groups is 1. The summed E-state index contributed by atoms with van der Waals surface area (Å²) in [4.78, 5) is 42.4. The molecule has 4 aromatic rings. The van der Waals surface area contributed by atoms with Gasteiger partial charge in [-0.15, -0.1) is 0 Å². The maximum atomic E-state index is 13.8. The molecule has 0 saturated carbocycles. The summed E-state index contributed by atoms with van der Waals surface area (Å²) >= 11 is 1.24. The van der Waals surface area contributed by atoms with E-state index in [0.717, 1.165) is 16.7 Å². The third-order valence-corrected chi connectivity index (χ3v) is 7.79. The molecule has 1 atom stereocenters. The van der Waals surface area contributed by atoms with Crippen molar-refractivity contribution < 1.29 is 23.9 Å². The Labute approximate surface area is 256 Å². The van der Waals surface area contributed by atoms with Crippen molar-refractivity contribution in [3.05, 3.63) is 143 Å². The molecule has 2 heterocycles. The van der Waals surface area contributed by atoms with E-state index in [1.165, 1.54) is 28.0 Å². The van der Waals surface area contributed by atoms with E-state index < -0.39 is 16.9 Å². The fourth-order valence-corrected chi connectivity index (χ4v) is 5.75. The van der Waals surface area contributed by atoms with E-state index in [9.17, 15) is 19.7 Å². The molecule has 1 aliphatic heterocycles. The lowest BCUT2D eigenvalue weighted by Crippen LogP contribution is -2.39. The van der Waals surface area contributed by atoms with Crippen LogP contribution in [0.2, 0.25) is 0 Å². The maximum Gasteiger partial charge on any atom is 0.338 e. The number of nitrogens with zero attached hydrogens (tertiary/aromatic N) is 3. The Morgan fingerprint density at radius 3 is 2.34 bits per heavy atom. The maximum absolute atomic E-state index is 13.8. The van der Waals surface area contributed by atoms with Crippen LogP contribution in [0.4, 0.5) is 5.69 Å². The molecular weight excluding hydrogens is 582 g/mol. The van der Waals surface area contributed by atoms with Crippen molar-refractivity contribution in [3.63, 3.8) is 0 Å². The van der Waals surface area contributed by atoms with Crippen LogP contribution in [0.15, 0.2) is 107 Å². The number of benzene rings is 3. The van der Waals surface area contributed by atoms with E-state index >= 15 is 0 Å². The molecule has 0 unspecified atom stereocenters. The lowest BCUT2D eigenvalue weighted by atomic mass is 9.96. The highest BCUT2D eigenvalue weighted by atomic mass is 32.1. The number of nitro groups is 1. The smallest absolute Gasteiger partial charge is 0.338 e. The third-order valence-electron chi connectivity index (χ3n) is 6.81. The first-order chi connectivity index (χ1) is 21.3. The van der Waals surface area contributed by atoms with E-state index in [0.29, 0.717) is 38.7 Å². The molecular formula is C33H29N3O7S. The minimum atomic E-state index is -0.726. The monoisotopic (exact) mass is 611 g/mol. The van der Waals surface area contributed by atoms with Crippen LogP contribution in [0, 0.1) is 10.1 Å². The van der Waals surface area contributed by atoms with Crippen LogP contribution in [-0.2, 0) is 16.1 Å². The molecule has 0 radical (unpaired) electrons. The summed E-state index contributed by atoms with van der Waals surface area (Å²) in [6.45, 7) is 7.93. The predicted molar refractivity (Wildman–Crippen MR) is 166 cm³/mol. The lowest BCUT2D eigenvalue weighted by Gasteiger charge is -2.24. The number of non-ortho nitro benzene ring substituents is 1. The van der Waals surface area contributed by atoms with Crippen molar-refractivity contribution in [2.45, 2.75) is 26.5 Å². The Morgan fingerprint density at radius 2 is 1.70 bits per heavy atom. The number of ether oxygens (including phenoxy) is 3. The first-order valence-electron chi connectivity index (χ1n) is 13.8. The SMILES string of the molecule is C=CCOc1ccc([C@@H]2C(C(=O)OCC)=C(C)N=c3s/c(=C\c4ccc(OCc5ccc([N+](=O)[O-])cc5)cc4)c(=O)n32)cc1. The van der Waals surface area contributed by atoms with Crippen LogP contribution in [0.1, 0.15) is 36.6 Å². The van der Waals surface area contributed by atoms with Gasteiger partial charge in [-0.25, -0.2) is 9.79 Å². The first kappa shape index (κ1) is 30.2. The van der Waals surface area contributed by atoms with Gasteiger partial charge in [-0.1, -0.05) is 48.3 Å². The number of fused-ring (bicyclic) bond motifs is 1. The largest absolute Gasteiger partial charge is 0.490 e. The van der Waals surface area contributed by atoms with Gasteiger partial charge in [0.15, 0.2) is 4.80 Å². The molecule has 1 aliphatic rings. The quantitative estimate of drug-likeness (QED) is 0.103. The van der Waals surface area contributed by atoms with Gasteiger partial charge in [0.1, 0.15) is 24.7 Å². The van der Waals surface area contributed by atoms with Gasteiger partial charge in [-0.05, 0) is 73.0 Å². The summed E-state index contributed by atoms with van der Waals surface area (Å²) in [7, 11) is 0. The number of hydrogen-bond acceptors (Lipinski definition) is 9. The third kappa shape index (κ3) is 6.52. The molecule has 0 spiro atoms. The zero-order valence-electron chi connectivity index (χ0n) is 24.1. The Hall–Kier alpha value is -5.29. The van der Waals surface area contributed by atoms with Crippen molar-refractivity contribution >= 4 is 29.1 Å². The van der Waals surface area contributed by atoms with Crippen LogP contribution < -0.4 is 24.4 Å². The molecule has 0 saturated heterocycles. The van der Waals surface area contributed by atoms with Gasteiger partial charge in [0.05, 0.1) is 33.4 Å². The number of carbonyl (C=O) groups excluding carboxylic acids is 1. The Bertz CT molecular complexity index is 1910. The zero-order chi connectivity index (χ0) is 31.2. The second-order valence-electron chi connectivity index (χ2n) is 9.75. The van der Waals surface area contributed by atoms with Gasteiger partial charge < -0.3 is 14.2 Å². The van der Waals surface area contributed by atoms with Gasteiger partial charge in [0, 0.05) is 12.1 Å². The summed E-state index contributed by atoms with van der Waals surface area (Å²) in [5.74, 6) is 0.723. The van der Waals surface area contributed by atoms with Crippen LogP contribution in [-0.4, -0.2) is 28.7 Å². The topological polar surface area (TPSA) is 122 Å². The number of rotatable bonds is 11. The summed E-state index contributed by atoms with van der Waals surface area (Å²) in [6.07, 6.45) is 3.43. The van der Waals surface area contributed by atoms with Crippen LogP contribution in [0.3, 0.4) is 0 Å². The van der Waals surface area contributed by atoms with E-state index in [-0.39, 0.29) is 24.5 Å². The number of thiazole rings is 1. The van der Waals surface area contributed by atoms with Gasteiger partial charge >= 0.3 is 5.97 Å². The summed E-state index contributed by atoms with van der Waals surface area (Å²) in [6, 6.07) is 19.9. The molecule has 0 N–H and O–H groups in total. The number of aromatic nitrogens is 1. The lowest BCUT2D eigenvalue weighted by molar-refractivity contribution is -0.384. The van der Waals surface area contributed by atoms with Crippen molar-refractivity contribution in [1.82, 2.24) is 4.57 Å². The zero-order valence-corrected chi connectivity index (χ0v) is 24.9. The highest BCUT2D eigenvalue weighted by Crippen LogP contribution is 2.31.